The summed E-state index contributed by atoms with van der Waals surface area (Å²) in [6.07, 6.45) is 4.06. The van der Waals surface area contributed by atoms with Crippen molar-refractivity contribution in [2.45, 2.75) is 26.2 Å². The van der Waals surface area contributed by atoms with E-state index < -0.39 is 0 Å². The Kier molecular flexibility index (Phi) is 3.01. The molecule has 2 heterocycles. The molecule has 0 aromatic carbocycles. The summed E-state index contributed by atoms with van der Waals surface area (Å²) in [4.78, 5) is 4.08. The predicted octanol–water partition coefficient (Wildman–Crippen LogP) is 2.69. The fourth-order valence-electron chi connectivity index (χ4n) is 1.96. The van der Waals surface area contributed by atoms with Gasteiger partial charge in [-0.1, -0.05) is 0 Å². The highest BCUT2D eigenvalue weighted by molar-refractivity contribution is 7.10. The van der Waals surface area contributed by atoms with Gasteiger partial charge in [0.1, 0.15) is 0 Å². The van der Waals surface area contributed by atoms with Crippen molar-refractivity contribution in [3.63, 3.8) is 0 Å². The zero-order valence-electron chi connectivity index (χ0n) is 8.25. The summed E-state index contributed by atoms with van der Waals surface area (Å²) in [7, 11) is 0. The van der Waals surface area contributed by atoms with Crippen LogP contribution in [0.3, 0.4) is 0 Å². The van der Waals surface area contributed by atoms with Gasteiger partial charge in [0.25, 0.3) is 0 Å². The fraction of sp³-hybridized carbons (Fsp3) is 0.636. The minimum absolute atomic E-state index is 1.25. The Morgan fingerprint density at radius 3 is 2.77 bits per heavy atom. The highest BCUT2D eigenvalue weighted by Gasteiger charge is 2.11. The fourth-order valence-corrected chi connectivity index (χ4v) is 2.71. The van der Waals surface area contributed by atoms with E-state index in [9.17, 15) is 0 Å². The molecule has 1 aromatic rings. The molecule has 1 aliphatic rings. The topological polar surface area (TPSA) is 3.24 Å². The molecule has 0 atom stereocenters. The average molecular weight is 195 g/mol. The number of nitrogens with zero attached hydrogens (tertiary/aromatic N) is 1. The maximum Gasteiger partial charge on any atom is 0.00466 e. The number of hydrogen-bond acceptors (Lipinski definition) is 2. The minimum atomic E-state index is 1.25. The quantitative estimate of drug-likeness (QED) is 0.717. The van der Waals surface area contributed by atoms with Gasteiger partial charge < -0.3 is 4.90 Å². The van der Waals surface area contributed by atoms with E-state index in [1.54, 1.807) is 5.56 Å². The van der Waals surface area contributed by atoms with Crippen LogP contribution < -0.4 is 0 Å². The molecule has 0 radical (unpaired) electrons. The normalized spacial score (nSPS) is 18.2. The lowest BCUT2D eigenvalue weighted by Crippen LogP contribution is -2.21. The van der Waals surface area contributed by atoms with Crippen molar-refractivity contribution in [3.05, 3.63) is 21.9 Å². The maximum absolute atomic E-state index is 2.58. The van der Waals surface area contributed by atoms with E-state index in [0.717, 1.165) is 0 Å². The van der Waals surface area contributed by atoms with Crippen LogP contribution in [-0.4, -0.2) is 24.5 Å². The number of aryl methyl sites for hydroxylation is 1. The monoisotopic (exact) mass is 195 g/mol. The van der Waals surface area contributed by atoms with Gasteiger partial charge in [0, 0.05) is 11.4 Å². The summed E-state index contributed by atoms with van der Waals surface area (Å²) in [5, 5.41) is 2.20. The van der Waals surface area contributed by atoms with Crippen molar-refractivity contribution in [2.75, 3.05) is 19.6 Å². The van der Waals surface area contributed by atoms with Crippen LogP contribution in [0, 0.1) is 6.92 Å². The molecule has 0 bridgehead atoms. The van der Waals surface area contributed by atoms with Crippen molar-refractivity contribution in [1.82, 2.24) is 4.90 Å². The van der Waals surface area contributed by atoms with Gasteiger partial charge in [-0.3, -0.25) is 0 Å². The minimum Gasteiger partial charge on any atom is -0.303 e. The highest BCUT2D eigenvalue weighted by Crippen LogP contribution is 2.16. The summed E-state index contributed by atoms with van der Waals surface area (Å²) < 4.78 is 0. The van der Waals surface area contributed by atoms with Crippen molar-refractivity contribution in [3.8, 4) is 0 Å². The Balaban J connectivity index is 1.82. The van der Waals surface area contributed by atoms with Gasteiger partial charge >= 0.3 is 0 Å². The van der Waals surface area contributed by atoms with Crippen molar-refractivity contribution >= 4 is 11.3 Å². The van der Waals surface area contributed by atoms with E-state index >= 15 is 0 Å². The second-order valence-electron chi connectivity index (χ2n) is 3.80. The first-order valence-electron chi connectivity index (χ1n) is 5.11. The standard InChI is InChI=1S/C11H17NS/c1-10-11(5-9-13-10)4-8-12-6-2-3-7-12/h5,9H,2-4,6-8H2,1H3. The molecule has 1 nitrogen and oxygen atoms in total. The third kappa shape index (κ3) is 2.32. The average Bonchev–Trinajstić information content (AvgIpc) is 2.72. The molecule has 72 valence electrons. The molecule has 2 heteroatoms. The first-order valence-corrected chi connectivity index (χ1v) is 5.99. The number of hydrogen-bond donors (Lipinski definition) is 0. The lowest BCUT2D eigenvalue weighted by atomic mass is 10.2. The van der Waals surface area contributed by atoms with Crippen LogP contribution in [0.1, 0.15) is 23.3 Å². The lowest BCUT2D eigenvalue weighted by molar-refractivity contribution is 0.343. The van der Waals surface area contributed by atoms with Crippen LogP contribution in [-0.2, 0) is 6.42 Å². The third-order valence-electron chi connectivity index (χ3n) is 2.86. The highest BCUT2D eigenvalue weighted by atomic mass is 32.1. The first kappa shape index (κ1) is 9.22. The van der Waals surface area contributed by atoms with Crippen LogP contribution >= 0.6 is 11.3 Å². The zero-order valence-corrected chi connectivity index (χ0v) is 9.07. The summed E-state index contributed by atoms with van der Waals surface area (Å²) >= 11 is 1.87. The largest absolute Gasteiger partial charge is 0.303 e. The van der Waals surface area contributed by atoms with Crippen LogP contribution in [0.5, 0.6) is 0 Å². The molecule has 0 aliphatic carbocycles. The van der Waals surface area contributed by atoms with Crippen molar-refractivity contribution in [1.29, 1.82) is 0 Å². The number of thiophene rings is 1. The summed E-state index contributed by atoms with van der Waals surface area (Å²) in [6, 6.07) is 2.27. The number of likely N-dealkylation sites (tertiary alicyclic amines) is 1. The molecule has 0 amide bonds. The molecule has 0 saturated carbocycles. The molecule has 1 fully saturated rings. The molecular weight excluding hydrogens is 178 g/mol. The molecule has 2 rings (SSSR count). The van der Waals surface area contributed by atoms with Crippen molar-refractivity contribution < 1.29 is 0 Å². The van der Waals surface area contributed by atoms with E-state index in [1.165, 1.54) is 43.8 Å². The van der Waals surface area contributed by atoms with Gasteiger partial charge in [-0.25, -0.2) is 0 Å². The van der Waals surface area contributed by atoms with Gasteiger partial charge in [-0.15, -0.1) is 11.3 Å². The van der Waals surface area contributed by atoms with E-state index in [4.69, 9.17) is 0 Å². The first-order chi connectivity index (χ1) is 6.36. The Bertz CT molecular complexity index is 261. The van der Waals surface area contributed by atoms with Crippen LogP contribution in [0.25, 0.3) is 0 Å². The summed E-state index contributed by atoms with van der Waals surface area (Å²) in [6.45, 7) is 6.13. The maximum atomic E-state index is 2.58. The van der Waals surface area contributed by atoms with Crippen molar-refractivity contribution in [2.24, 2.45) is 0 Å². The lowest BCUT2D eigenvalue weighted by Gasteiger charge is -2.13. The zero-order chi connectivity index (χ0) is 9.10. The van der Waals surface area contributed by atoms with E-state index in [2.05, 4.69) is 23.3 Å². The van der Waals surface area contributed by atoms with Crippen LogP contribution in [0.4, 0.5) is 0 Å². The molecule has 1 saturated heterocycles. The van der Waals surface area contributed by atoms with Gasteiger partial charge in [-0.05, 0) is 56.3 Å². The Morgan fingerprint density at radius 2 is 2.15 bits per heavy atom. The molecule has 1 aliphatic heterocycles. The van der Waals surface area contributed by atoms with Gasteiger partial charge in [0.15, 0.2) is 0 Å². The molecule has 0 N–H and O–H groups in total. The molecule has 0 spiro atoms. The van der Waals surface area contributed by atoms with Gasteiger partial charge in [-0.2, -0.15) is 0 Å². The Hall–Kier alpha value is -0.340. The van der Waals surface area contributed by atoms with Gasteiger partial charge in [0.2, 0.25) is 0 Å². The Labute approximate surface area is 84.4 Å². The molecule has 0 unspecified atom stereocenters. The SMILES string of the molecule is Cc1sccc1CCN1CCCC1. The van der Waals surface area contributed by atoms with E-state index in [0.29, 0.717) is 0 Å². The Morgan fingerprint density at radius 1 is 1.38 bits per heavy atom. The second-order valence-corrected chi connectivity index (χ2v) is 4.92. The van der Waals surface area contributed by atoms with Crippen LogP contribution in [0.15, 0.2) is 11.4 Å². The second kappa shape index (κ2) is 4.25. The summed E-state index contributed by atoms with van der Waals surface area (Å²) in [5.41, 5.74) is 1.55. The summed E-state index contributed by atoms with van der Waals surface area (Å²) in [5.74, 6) is 0. The molecular formula is C11H17NS. The van der Waals surface area contributed by atoms with Gasteiger partial charge in [0.05, 0.1) is 0 Å². The molecule has 13 heavy (non-hydrogen) atoms. The van der Waals surface area contributed by atoms with E-state index in [-0.39, 0.29) is 0 Å². The molecule has 1 aromatic heterocycles. The van der Waals surface area contributed by atoms with E-state index in [1.807, 2.05) is 11.3 Å². The van der Waals surface area contributed by atoms with Crippen LogP contribution in [0.2, 0.25) is 0 Å². The third-order valence-corrected chi connectivity index (χ3v) is 3.75. The number of rotatable bonds is 3. The smallest absolute Gasteiger partial charge is 0.00466 e. The predicted molar refractivity (Wildman–Crippen MR) is 58.4 cm³/mol.